The molecule has 2 aromatic carbocycles. The molecule has 0 radical (unpaired) electrons. The molecule has 2 nitrogen and oxygen atoms in total. The summed E-state index contributed by atoms with van der Waals surface area (Å²) in [5, 5.41) is 12.4. The summed E-state index contributed by atoms with van der Waals surface area (Å²) in [5.41, 5.74) is 3.16. The van der Waals surface area contributed by atoms with E-state index in [9.17, 15) is 0 Å². The summed E-state index contributed by atoms with van der Waals surface area (Å²) in [6.45, 7) is 1.86. The average molecular weight is 239 g/mol. The Bertz CT molecular complexity index is 505. The lowest BCUT2D eigenvalue weighted by molar-refractivity contribution is 0.316. The van der Waals surface area contributed by atoms with Gasteiger partial charge in [-0.2, -0.15) is 0 Å². The minimum Gasteiger partial charge on any atom is -0.411 e. The van der Waals surface area contributed by atoms with Crippen molar-refractivity contribution in [3.63, 3.8) is 0 Å². The molecule has 2 aromatic rings. The lowest BCUT2D eigenvalue weighted by atomic mass is 9.88. The van der Waals surface area contributed by atoms with Crippen LogP contribution in [0, 0.1) is 0 Å². The van der Waals surface area contributed by atoms with E-state index >= 15 is 0 Å². The zero-order chi connectivity index (χ0) is 12.8. The Balaban J connectivity index is 2.27. The quantitative estimate of drug-likeness (QED) is 0.490. The van der Waals surface area contributed by atoms with Crippen LogP contribution in [0.1, 0.15) is 24.0 Å². The van der Waals surface area contributed by atoms with Crippen molar-refractivity contribution < 1.29 is 5.21 Å². The molecule has 0 saturated heterocycles. The highest BCUT2D eigenvalue weighted by atomic mass is 16.4. The summed E-state index contributed by atoms with van der Waals surface area (Å²) in [6, 6.07) is 20.4. The van der Waals surface area contributed by atoms with Gasteiger partial charge in [0, 0.05) is 5.92 Å². The Morgan fingerprint density at radius 1 is 1.00 bits per heavy atom. The number of hydrogen-bond acceptors (Lipinski definition) is 2. The first-order chi connectivity index (χ1) is 8.81. The van der Waals surface area contributed by atoms with E-state index in [0.717, 1.165) is 12.1 Å². The van der Waals surface area contributed by atoms with Crippen LogP contribution in [0.3, 0.4) is 0 Å². The maximum atomic E-state index is 9.03. The molecule has 1 N–H and O–H groups in total. The standard InChI is InChI=1S/C16H17NO/c1-13(17-18)16(15-10-6-3-7-11-15)12-14-8-4-2-5-9-14/h2-11,16,18H,12H2,1H3/b17-13+/t16-/m1/s1. The van der Waals surface area contributed by atoms with Crippen LogP contribution < -0.4 is 0 Å². The first kappa shape index (κ1) is 12.4. The van der Waals surface area contributed by atoms with Gasteiger partial charge in [0.2, 0.25) is 0 Å². The third-order valence-electron chi connectivity index (χ3n) is 3.15. The zero-order valence-electron chi connectivity index (χ0n) is 10.5. The molecule has 2 heteroatoms. The van der Waals surface area contributed by atoms with Crippen molar-refractivity contribution in [1.82, 2.24) is 0 Å². The van der Waals surface area contributed by atoms with Crippen LogP contribution in [0.4, 0.5) is 0 Å². The second kappa shape index (κ2) is 6.01. The molecule has 92 valence electrons. The third-order valence-corrected chi connectivity index (χ3v) is 3.15. The maximum absolute atomic E-state index is 9.03. The van der Waals surface area contributed by atoms with Gasteiger partial charge in [0.05, 0.1) is 5.71 Å². The smallest absolute Gasteiger partial charge is 0.0617 e. The van der Waals surface area contributed by atoms with E-state index in [1.807, 2.05) is 43.3 Å². The molecule has 0 aromatic heterocycles. The summed E-state index contributed by atoms with van der Waals surface area (Å²) < 4.78 is 0. The van der Waals surface area contributed by atoms with Crippen molar-refractivity contribution in [2.75, 3.05) is 0 Å². The largest absolute Gasteiger partial charge is 0.411 e. The first-order valence-electron chi connectivity index (χ1n) is 6.08. The molecule has 0 aliphatic heterocycles. The Morgan fingerprint density at radius 2 is 1.56 bits per heavy atom. The predicted molar refractivity (Wildman–Crippen MR) is 74.2 cm³/mol. The number of oxime groups is 1. The van der Waals surface area contributed by atoms with Gasteiger partial charge in [-0.1, -0.05) is 65.8 Å². The highest BCUT2D eigenvalue weighted by molar-refractivity contribution is 5.88. The number of hydrogen-bond donors (Lipinski definition) is 1. The molecule has 0 bridgehead atoms. The van der Waals surface area contributed by atoms with Crippen molar-refractivity contribution >= 4 is 5.71 Å². The van der Waals surface area contributed by atoms with Gasteiger partial charge in [-0.3, -0.25) is 0 Å². The molecule has 0 saturated carbocycles. The van der Waals surface area contributed by atoms with Gasteiger partial charge in [-0.25, -0.2) is 0 Å². The van der Waals surface area contributed by atoms with Crippen LogP contribution in [-0.2, 0) is 6.42 Å². The molecular weight excluding hydrogens is 222 g/mol. The normalized spacial score (nSPS) is 13.3. The van der Waals surface area contributed by atoms with Crippen LogP contribution in [0.5, 0.6) is 0 Å². The Labute approximate surface area is 108 Å². The zero-order valence-corrected chi connectivity index (χ0v) is 10.5. The van der Waals surface area contributed by atoms with Crippen LogP contribution in [-0.4, -0.2) is 10.9 Å². The van der Waals surface area contributed by atoms with Gasteiger partial charge in [0.25, 0.3) is 0 Å². The van der Waals surface area contributed by atoms with Crippen molar-refractivity contribution in [2.24, 2.45) is 5.16 Å². The summed E-state index contributed by atoms with van der Waals surface area (Å²) in [6.07, 6.45) is 0.848. The van der Waals surface area contributed by atoms with Crippen LogP contribution >= 0.6 is 0 Å². The van der Waals surface area contributed by atoms with Gasteiger partial charge in [0.15, 0.2) is 0 Å². The second-order valence-corrected chi connectivity index (χ2v) is 4.39. The molecule has 0 fully saturated rings. The van der Waals surface area contributed by atoms with E-state index in [4.69, 9.17) is 5.21 Å². The van der Waals surface area contributed by atoms with Crippen molar-refractivity contribution in [1.29, 1.82) is 0 Å². The van der Waals surface area contributed by atoms with Gasteiger partial charge in [-0.05, 0) is 24.5 Å². The van der Waals surface area contributed by atoms with Gasteiger partial charge < -0.3 is 5.21 Å². The van der Waals surface area contributed by atoms with Gasteiger partial charge in [-0.15, -0.1) is 0 Å². The summed E-state index contributed by atoms with van der Waals surface area (Å²) in [7, 11) is 0. The molecule has 0 aliphatic rings. The molecule has 2 rings (SSSR count). The Kier molecular flexibility index (Phi) is 4.13. The Hall–Kier alpha value is -2.09. The lowest BCUT2D eigenvalue weighted by Crippen LogP contribution is -2.12. The molecule has 0 unspecified atom stereocenters. The fourth-order valence-electron chi connectivity index (χ4n) is 2.11. The van der Waals surface area contributed by atoms with E-state index in [-0.39, 0.29) is 5.92 Å². The molecule has 0 aliphatic carbocycles. The summed E-state index contributed by atoms with van der Waals surface area (Å²) in [5.74, 6) is 0.124. The molecule has 18 heavy (non-hydrogen) atoms. The van der Waals surface area contributed by atoms with Crippen molar-refractivity contribution in [2.45, 2.75) is 19.3 Å². The minimum absolute atomic E-state index is 0.124. The molecule has 1 atom stereocenters. The highest BCUT2D eigenvalue weighted by Gasteiger charge is 2.15. The lowest BCUT2D eigenvalue weighted by Gasteiger charge is -2.16. The second-order valence-electron chi connectivity index (χ2n) is 4.39. The molecule has 0 spiro atoms. The highest BCUT2D eigenvalue weighted by Crippen LogP contribution is 2.22. The van der Waals surface area contributed by atoms with Crippen LogP contribution in [0.2, 0.25) is 0 Å². The number of nitrogens with zero attached hydrogens (tertiary/aromatic N) is 1. The van der Waals surface area contributed by atoms with Crippen molar-refractivity contribution in [3.05, 3.63) is 71.8 Å². The van der Waals surface area contributed by atoms with Gasteiger partial charge in [0.1, 0.15) is 0 Å². The average Bonchev–Trinajstić information content (AvgIpc) is 2.46. The SMILES string of the molecule is C/C(=N\O)[C@@H](Cc1ccccc1)c1ccccc1. The number of benzene rings is 2. The monoisotopic (exact) mass is 239 g/mol. The van der Waals surface area contributed by atoms with Crippen LogP contribution in [0.15, 0.2) is 65.8 Å². The fraction of sp³-hybridized carbons (Fsp3) is 0.188. The van der Waals surface area contributed by atoms with E-state index in [1.165, 1.54) is 11.1 Å². The van der Waals surface area contributed by atoms with Gasteiger partial charge >= 0.3 is 0 Å². The van der Waals surface area contributed by atoms with E-state index in [2.05, 4.69) is 29.4 Å². The van der Waals surface area contributed by atoms with E-state index < -0.39 is 0 Å². The van der Waals surface area contributed by atoms with Crippen molar-refractivity contribution in [3.8, 4) is 0 Å². The number of rotatable bonds is 4. The minimum atomic E-state index is 0.124. The third kappa shape index (κ3) is 2.98. The first-order valence-corrected chi connectivity index (χ1v) is 6.08. The molecule has 0 amide bonds. The van der Waals surface area contributed by atoms with E-state index in [0.29, 0.717) is 0 Å². The predicted octanol–water partition coefficient (Wildman–Crippen LogP) is 3.86. The topological polar surface area (TPSA) is 32.6 Å². The Morgan fingerprint density at radius 3 is 2.11 bits per heavy atom. The summed E-state index contributed by atoms with van der Waals surface area (Å²) in [4.78, 5) is 0. The summed E-state index contributed by atoms with van der Waals surface area (Å²) >= 11 is 0. The molecular formula is C16H17NO. The fourth-order valence-corrected chi connectivity index (χ4v) is 2.11. The van der Waals surface area contributed by atoms with Crippen LogP contribution in [0.25, 0.3) is 0 Å². The molecule has 0 heterocycles. The maximum Gasteiger partial charge on any atom is 0.0617 e. The van der Waals surface area contributed by atoms with E-state index in [1.54, 1.807) is 0 Å².